The van der Waals surface area contributed by atoms with Crippen LogP contribution in [-0.4, -0.2) is 24.0 Å². The molecule has 0 radical (unpaired) electrons. The quantitative estimate of drug-likeness (QED) is 0.772. The van der Waals surface area contributed by atoms with E-state index in [-0.39, 0.29) is 11.4 Å². The summed E-state index contributed by atoms with van der Waals surface area (Å²) in [5.41, 5.74) is 6.25. The molecule has 1 aromatic heterocycles. The summed E-state index contributed by atoms with van der Waals surface area (Å²) in [6.07, 6.45) is 2.58. The fraction of sp³-hybridized carbons (Fsp3) is 0.273. The fourth-order valence-corrected chi connectivity index (χ4v) is 1.64. The van der Waals surface area contributed by atoms with Crippen molar-refractivity contribution in [1.29, 1.82) is 0 Å². The predicted octanol–water partition coefficient (Wildman–Crippen LogP) is 0.696. The first-order chi connectivity index (χ1) is 7.68. The first kappa shape index (κ1) is 10.8. The highest BCUT2D eigenvalue weighted by atomic mass is 19.1. The number of halogens is 1. The molecule has 0 aliphatic carbocycles. The van der Waals surface area contributed by atoms with Crippen LogP contribution in [0.1, 0.15) is 22.6 Å². The number of carbonyl (C=O) groups is 1. The number of nitrogens with zero attached hydrogens (tertiary/aromatic N) is 1. The molecule has 0 saturated carbocycles. The number of amides is 1. The van der Waals surface area contributed by atoms with Crippen LogP contribution in [0.3, 0.4) is 0 Å². The van der Waals surface area contributed by atoms with Crippen molar-refractivity contribution in [2.24, 2.45) is 5.73 Å². The van der Waals surface area contributed by atoms with Crippen molar-refractivity contribution >= 4 is 11.5 Å². The molecule has 0 bridgehead atoms. The molecule has 1 aliphatic heterocycles. The molecule has 3 N–H and O–H groups in total. The van der Waals surface area contributed by atoms with Gasteiger partial charge in [-0.3, -0.25) is 4.79 Å². The number of aromatic nitrogens is 1. The van der Waals surface area contributed by atoms with Gasteiger partial charge in [-0.1, -0.05) is 6.08 Å². The summed E-state index contributed by atoms with van der Waals surface area (Å²) in [6, 6.07) is 2.52. The third-order valence-electron chi connectivity index (χ3n) is 2.47. The van der Waals surface area contributed by atoms with Crippen molar-refractivity contribution in [1.82, 2.24) is 10.3 Å². The lowest BCUT2D eigenvalue weighted by molar-refractivity contribution is 0.0995. The Labute approximate surface area is 92.4 Å². The summed E-state index contributed by atoms with van der Waals surface area (Å²) >= 11 is 0. The summed E-state index contributed by atoms with van der Waals surface area (Å²) in [6.45, 7) is 1.48. The Balaban J connectivity index is 2.42. The van der Waals surface area contributed by atoms with Gasteiger partial charge in [-0.15, -0.1) is 0 Å². The zero-order chi connectivity index (χ0) is 11.5. The van der Waals surface area contributed by atoms with Gasteiger partial charge in [0.15, 0.2) is 0 Å². The minimum atomic E-state index is -0.643. The molecular formula is C11H12FN3O. The molecule has 1 aromatic rings. The topological polar surface area (TPSA) is 68.0 Å². The number of primary amides is 1. The molecule has 0 atom stereocenters. The van der Waals surface area contributed by atoms with Crippen LogP contribution in [0, 0.1) is 5.82 Å². The Morgan fingerprint density at radius 1 is 1.50 bits per heavy atom. The fourth-order valence-electron chi connectivity index (χ4n) is 1.64. The van der Waals surface area contributed by atoms with Crippen LogP contribution < -0.4 is 11.1 Å². The van der Waals surface area contributed by atoms with E-state index in [0.29, 0.717) is 13.0 Å². The predicted molar refractivity (Wildman–Crippen MR) is 58.2 cm³/mol. The molecule has 0 saturated heterocycles. The molecule has 0 aromatic carbocycles. The van der Waals surface area contributed by atoms with Gasteiger partial charge in [0.2, 0.25) is 0 Å². The van der Waals surface area contributed by atoms with Gasteiger partial charge in [-0.25, -0.2) is 9.37 Å². The minimum Gasteiger partial charge on any atom is -0.364 e. The lowest BCUT2D eigenvalue weighted by Gasteiger charge is -2.14. The van der Waals surface area contributed by atoms with E-state index in [0.717, 1.165) is 12.1 Å². The molecule has 16 heavy (non-hydrogen) atoms. The highest BCUT2D eigenvalue weighted by Gasteiger charge is 2.14. The number of hydrogen-bond acceptors (Lipinski definition) is 3. The third kappa shape index (κ3) is 2.09. The van der Waals surface area contributed by atoms with E-state index in [4.69, 9.17) is 5.73 Å². The molecule has 2 rings (SSSR count). The lowest BCUT2D eigenvalue weighted by atomic mass is 10.0. The zero-order valence-electron chi connectivity index (χ0n) is 8.66. The van der Waals surface area contributed by atoms with Gasteiger partial charge >= 0.3 is 0 Å². The lowest BCUT2D eigenvalue weighted by Crippen LogP contribution is -2.21. The molecule has 5 heteroatoms. The standard InChI is InChI=1S/C11H12FN3O/c12-8-1-2-9(11(13)16)15-10(8)7-3-5-14-6-4-7/h1-3,14H,4-6H2,(H2,13,16). The molecule has 2 heterocycles. The number of carbonyl (C=O) groups excluding carboxylic acids is 1. The van der Waals surface area contributed by atoms with E-state index in [1.54, 1.807) is 0 Å². The van der Waals surface area contributed by atoms with Crippen molar-refractivity contribution in [2.75, 3.05) is 13.1 Å². The second-order valence-corrected chi connectivity index (χ2v) is 3.57. The van der Waals surface area contributed by atoms with Crippen LogP contribution in [0.15, 0.2) is 18.2 Å². The van der Waals surface area contributed by atoms with Crippen LogP contribution in [0.25, 0.3) is 5.57 Å². The number of rotatable bonds is 2. The number of nitrogens with one attached hydrogen (secondary N) is 1. The van der Waals surface area contributed by atoms with Crippen LogP contribution >= 0.6 is 0 Å². The van der Waals surface area contributed by atoms with E-state index in [2.05, 4.69) is 10.3 Å². The number of hydrogen-bond donors (Lipinski definition) is 2. The summed E-state index contributed by atoms with van der Waals surface area (Å²) in [5.74, 6) is -1.06. The maximum atomic E-state index is 13.5. The molecule has 0 fully saturated rings. The van der Waals surface area contributed by atoms with E-state index in [1.165, 1.54) is 12.1 Å². The van der Waals surface area contributed by atoms with Gasteiger partial charge in [0.05, 0.1) is 0 Å². The second kappa shape index (κ2) is 4.40. The van der Waals surface area contributed by atoms with E-state index in [9.17, 15) is 9.18 Å². The average Bonchev–Trinajstić information content (AvgIpc) is 2.30. The minimum absolute atomic E-state index is 0.0934. The average molecular weight is 221 g/mol. The van der Waals surface area contributed by atoms with E-state index >= 15 is 0 Å². The van der Waals surface area contributed by atoms with Crippen LogP contribution in [0.2, 0.25) is 0 Å². The molecule has 4 nitrogen and oxygen atoms in total. The van der Waals surface area contributed by atoms with E-state index in [1.807, 2.05) is 6.08 Å². The molecule has 0 unspecified atom stereocenters. The smallest absolute Gasteiger partial charge is 0.267 e. The summed E-state index contributed by atoms with van der Waals surface area (Å²) < 4.78 is 13.5. The van der Waals surface area contributed by atoms with Crippen molar-refractivity contribution in [3.63, 3.8) is 0 Å². The Kier molecular flexibility index (Phi) is 2.96. The monoisotopic (exact) mass is 221 g/mol. The maximum absolute atomic E-state index is 13.5. The maximum Gasteiger partial charge on any atom is 0.267 e. The van der Waals surface area contributed by atoms with Gasteiger partial charge in [0.1, 0.15) is 17.2 Å². The highest BCUT2D eigenvalue weighted by Crippen LogP contribution is 2.20. The van der Waals surface area contributed by atoms with Crippen molar-refractivity contribution in [2.45, 2.75) is 6.42 Å². The van der Waals surface area contributed by atoms with Gasteiger partial charge in [0, 0.05) is 6.54 Å². The third-order valence-corrected chi connectivity index (χ3v) is 2.47. The molecule has 0 spiro atoms. The van der Waals surface area contributed by atoms with Gasteiger partial charge in [-0.2, -0.15) is 0 Å². The van der Waals surface area contributed by atoms with Gasteiger partial charge < -0.3 is 11.1 Å². The molecular weight excluding hydrogens is 209 g/mol. The summed E-state index contributed by atoms with van der Waals surface area (Å²) in [5, 5.41) is 3.12. The largest absolute Gasteiger partial charge is 0.364 e. The van der Waals surface area contributed by atoms with E-state index < -0.39 is 11.7 Å². The van der Waals surface area contributed by atoms with Crippen LogP contribution in [0.5, 0.6) is 0 Å². The Hall–Kier alpha value is -1.75. The zero-order valence-corrected chi connectivity index (χ0v) is 8.66. The second-order valence-electron chi connectivity index (χ2n) is 3.57. The van der Waals surface area contributed by atoms with Gasteiger partial charge in [-0.05, 0) is 30.7 Å². The van der Waals surface area contributed by atoms with Crippen molar-refractivity contribution in [3.05, 3.63) is 35.4 Å². The Morgan fingerprint density at radius 2 is 2.31 bits per heavy atom. The number of pyridine rings is 1. The molecule has 1 amide bonds. The highest BCUT2D eigenvalue weighted by molar-refractivity contribution is 5.91. The Bertz CT molecular complexity index is 457. The van der Waals surface area contributed by atoms with Gasteiger partial charge in [0.25, 0.3) is 5.91 Å². The summed E-state index contributed by atoms with van der Waals surface area (Å²) in [4.78, 5) is 14.9. The molecule has 84 valence electrons. The first-order valence-electron chi connectivity index (χ1n) is 5.05. The SMILES string of the molecule is NC(=O)c1ccc(F)c(C2=CCNCC2)n1. The normalized spacial score (nSPS) is 15.7. The van der Waals surface area contributed by atoms with Crippen molar-refractivity contribution in [3.8, 4) is 0 Å². The molecule has 1 aliphatic rings. The first-order valence-corrected chi connectivity index (χ1v) is 5.05. The number of nitrogens with two attached hydrogens (primary N) is 1. The van der Waals surface area contributed by atoms with Crippen LogP contribution in [-0.2, 0) is 0 Å². The Morgan fingerprint density at radius 3 is 2.94 bits per heavy atom. The summed E-state index contributed by atoms with van der Waals surface area (Å²) in [7, 11) is 0. The van der Waals surface area contributed by atoms with Crippen molar-refractivity contribution < 1.29 is 9.18 Å². The van der Waals surface area contributed by atoms with Crippen LogP contribution in [0.4, 0.5) is 4.39 Å².